The number of para-hydroxylation sites is 1. The number of carbonyl (C=O) groups excluding carboxylic acids is 2. The third-order valence-electron chi connectivity index (χ3n) is 6.85. The van der Waals surface area contributed by atoms with Crippen LogP contribution in [0.25, 0.3) is 10.8 Å². The summed E-state index contributed by atoms with van der Waals surface area (Å²) in [6, 6.07) is 25.7. The second-order valence-electron chi connectivity index (χ2n) is 9.19. The van der Waals surface area contributed by atoms with Gasteiger partial charge in [0.15, 0.2) is 0 Å². The van der Waals surface area contributed by atoms with Crippen molar-refractivity contribution in [1.82, 2.24) is 0 Å². The zero-order chi connectivity index (χ0) is 23.8. The van der Waals surface area contributed by atoms with Crippen molar-refractivity contribution in [3.8, 4) is 17.2 Å². The first-order valence-corrected chi connectivity index (χ1v) is 12.1. The van der Waals surface area contributed by atoms with Gasteiger partial charge in [-0.2, -0.15) is 0 Å². The molecule has 174 valence electrons. The Morgan fingerprint density at radius 3 is 2.23 bits per heavy atom. The standard InChI is InChI=1S/C30H25NO4/c32-29-26-12-6-9-21-17-25(35-24-10-2-1-3-11-24)18-27(28(21)26)30(33)31(29)22-13-15-23(16-14-22)34-19-20-7-4-5-8-20/h1-3,6,9-18,20H,4-5,7-8,19H2. The zero-order valence-electron chi connectivity index (χ0n) is 19.3. The number of nitrogens with zero attached hydrogens (tertiary/aromatic N) is 1. The molecule has 0 aromatic heterocycles. The van der Waals surface area contributed by atoms with Gasteiger partial charge in [-0.05, 0) is 78.7 Å². The van der Waals surface area contributed by atoms with Gasteiger partial charge in [0.1, 0.15) is 17.2 Å². The maximum Gasteiger partial charge on any atom is 0.266 e. The van der Waals surface area contributed by atoms with Crippen molar-refractivity contribution >= 4 is 28.3 Å². The van der Waals surface area contributed by atoms with Crippen molar-refractivity contribution in [3.63, 3.8) is 0 Å². The maximum atomic E-state index is 13.6. The van der Waals surface area contributed by atoms with E-state index in [9.17, 15) is 9.59 Å². The van der Waals surface area contributed by atoms with Crippen molar-refractivity contribution < 1.29 is 19.1 Å². The third-order valence-corrected chi connectivity index (χ3v) is 6.85. The summed E-state index contributed by atoms with van der Waals surface area (Å²) in [4.78, 5) is 28.3. The Morgan fingerprint density at radius 2 is 1.46 bits per heavy atom. The number of imide groups is 1. The molecule has 0 spiro atoms. The van der Waals surface area contributed by atoms with E-state index in [1.165, 1.54) is 30.6 Å². The molecule has 4 aromatic carbocycles. The van der Waals surface area contributed by atoms with Crippen LogP contribution >= 0.6 is 0 Å². The highest BCUT2D eigenvalue weighted by Crippen LogP contribution is 2.37. The summed E-state index contributed by atoms with van der Waals surface area (Å²) in [5.41, 5.74) is 1.47. The van der Waals surface area contributed by atoms with Crippen molar-refractivity contribution in [2.45, 2.75) is 25.7 Å². The molecule has 35 heavy (non-hydrogen) atoms. The van der Waals surface area contributed by atoms with E-state index in [0.29, 0.717) is 46.2 Å². The predicted molar refractivity (Wildman–Crippen MR) is 135 cm³/mol. The first-order chi connectivity index (χ1) is 17.2. The average Bonchev–Trinajstić information content (AvgIpc) is 3.41. The Morgan fingerprint density at radius 1 is 0.714 bits per heavy atom. The molecule has 5 heteroatoms. The number of ether oxygens (including phenoxy) is 2. The molecule has 1 heterocycles. The van der Waals surface area contributed by atoms with Gasteiger partial charge in [-0.1, -0.05) is 43.2 Å². The highest BCUT2D eigenvalue weighted by atomic mass is 16.5. The first-order valence-electron chi connectivity index (χ1n) is 12.1. The van der Waals surface area contributed by atoms with Gasteiger partial charge in [0.05, 0.1) is 17.9 Å². The van der Waals surface area contributed by atoms with Crippen LogP contribution < -0.4 is 14.4 Å². The van der Waals surface area contributed by atoms with Crippen LogP contribution in [0.15, 0.2) is 84.9 Å². The number of amides is 2. The van der Waals surface area contributed by atoms with Crippen molar-refractivity contribution in [2.75, 3.05) is 11.5 Å². The van der Waals surface area contributed by atoms with E-state index < -0.39 is 0 Å². The smallest absolute Gasteiger partial charge is 0.266 e. The largest absolute Gasteiger partial charge is 0.493 e. The number of benzene rings is 4. The fourth-order valence-corrected chi connectivity index (χ4v) is 5.08. The molecular weight excluding hydrogens is 438 g/mol. The van der Waals surface area contributed by atoms with E-state index in [2.05, 4.69) is 0 Å². The molecule has 1 saturated carbocycles. The van der Waals surface area contributed by atoms with Gasteiger partial charge in [0, 0.05) is 10.9 Å². The van der Waals surface area contributed by atoms with Crippen LogP contribution in [0.4, 0.5) is 5.69 Å². The summed E-state index contributed by atoms with van der Waals surface area (Å²) in [7, 11) is 0. The molecule has 5 nitrogen and oxygen atoms in total. The normalized spacial score (nSPS) is 15.6. The second-order valence-corrected chi connectivity index (χ2v) is 9.19. The van der Waals surface area contributed by atoms with Gasteiger partial charge in [-0.15, -0.1) is 0 Å². The minimum atomic E-state index is -0.364. The highest BCUT2D eigenvalue weighted by molar-refractivity contribution is 6.35. The molecule has 2 amide bonds. The van der Waals surface area contributed by atoms with Crippen LogP contribution in [0.5, 0.6) is 17.2 Å². The van der Waals surface area contributed by atoms with Crippen LogP contribution in [0.3, 0.4) is 0 Å². The lowest BCUT2D eigenvalue weighted by atomic mass is 9.93. The molecule has 2 aliphatic rings. The Balaban J connectivity index is 1.32. The molecule has 0 saturated heterocycles. The van der Waals surface area contributed by atoms with Gasteiger partial charge in [0.2, 0.25) is 0 Å². The van der Waals surface area contributed by atoms with Gasteiger partial charge in [-0.3, -0.25) is 9.59 Å². The van der Waals surface area contributed by atoms with E-state index in [0.717, 1.165) is 11.1 Å². The van der Waals surface area contributed by atoms with Gasteiger partial charge >= 0.3 is 0 Å². The Kier molecular flexibility index (Phi) is 5.45. The zero-order valence-corrected chi connectivity index (χ0v) is 19.3. The van der Waals surface area contributed by atoms with Crippen molar-refractivity contribution in [2.24, 2.45) is 5.92 Å². The Labute approximate surface area is 203 Å². The molecule has 0 bridgehead atoms. The lowest BCUT2D eigenvalue weighted by molar-refractivity contribution is 0.0893. The molecule has 4 aromatic rings. The predicted octanol–water partition coefficient (Wildman–Crippen LogP) is 7.00. The van der Waals surface area contributed by atoms with Crippen LogP contribution in [0.1, 0.15) is 46.4 Å². The number of rotatable bonds is 6. The molecule has 1 aliphatic carbocycles. The molecule has 0 N–H and O–H groups in total. The molecule has 0 radical (unpaired) electrons. The molecule has 1 aliphatic heterocycles. The minimum absolute atomic E-state index is 0.329. The third kappa shape index (κ3) is 4.03. The fourth-order valence-electron chi connectivity index (χ4n) is 5.08. The highest BCUT2D eigenvalue weighted by Gasteiger charge is 2.34. The van der Waals surface area contributed by atoms with E-state index in [1.54, 1.807) is 24.3 Å². The van der Waals surface area contributed by atoms with E-state index in [4.69, 9.17) is 9.47 Å². The van der Waals surface area contributed by atoms with Crippen molar-refractivity contribution in [3.05, 3.63) is 96.1 Å². The fraction of sp³-hybridized carbons (Fsp3) is 0.200. The van der Waals surface area contributed by atoms with Crippen molar-refractivity contribution in [1.29, 1.82) is 0 Å². The summed E-state index contributed by atoms with van der Waals surface area (Å²) < 4.78 is 12.0. The summed E-state index contributed by atoms with van der Waals surface area (Å²) in [6.07, 6.45) is 4.99. The molecule has 1 fully saturated rings. The maximum absolute atomic E-state index is 13.6. The van der Waals surface area contributed by atoms with E-state index in [1.807, 2.05) is 60.7 Å². The van der Waals surface area contributed by atoms with Gasteiger partial charge < -0.3 is 9.47 Å². The minimum Gasteiger partial charge on any atom is -0.493 e. The quantitative estimate of drug-likeness (QED) is 0.289. The van der Waals surface area contributed by atoms with E-state index in [-0.39, 0.29) is 11.8 Å². The number of carbonyl (C=O) groups is 2. The Hall–Kier alpha value is -4.12. The molecule has 0 unspecified atom stereocenters. The number of hydrogen-bond acceptors (Lipinski definition) is 4. The lowest BCUT2D eigenvalue weighted by Gasteiger charge is -2.27. The topological polar surface area (TPSA) is 55.8 Å². The molecular formula is C30H25NO4. The summed E-state index contributed by atoms with van der Waals surface area (Å²) in [5, 5.41) is 1.46. The number of anilines is 1. The SMILES string of the molecule is O=C1c2cccc3cc(Oc4ccccc4)cc(c23)C(=O)N1c1ccc(OCC2CCCC2)cc1. The monoisotopic (exact) mass is 463 g/mol. The molecule has 6 rings (SSSR count). The summed E-state index contributed by atoms with van der Waals surface area (Å²) >= 11 is 0. The van der Waals surface area contributed by atoms with Crippen LogP contribution in [0, 0.1) is 5.92 Å². The van der Waals surface area contributed by atoms with Gasteiger partial charge in [-0.25, -0.2) is 4.90 Å². The average molecular weight is 464 g/mol. The molecule has 0 atom stereocenters. The van der Waals surface area contributed by atoms with Gasteiger partial charge in [0.25, 0.3) is 11.8 Å². The van der Waals surface area contributed by atoms with Crippen LogP contribution in [0.2, 0.25) is 0 Å². The van der Waals surface area contributed by atoms with Crippen LogP contribution in [-0.4, -0.2) is 18.4 Å². The number of hydrogen-bond donors (Lipinski definition) is 0. The summed E-state index contributed by atoms with van der Waals surface area (Å²) in [5.74, 6) is 1.90. The first kappa shape index (κ1) is 21.4. The second kappa shape index (κ2) is 8.91. The lowest BCUT2D eigenvalue weighted by Crippen LogP contribution is -2.40. The van der Waals surface area contributed by atoms with Crippen LogP contribution in [-0.2, 0) is 0 Å². The van der Waals surface area contributed by atoms with E-state index >= 15 is 0 Å². The summed E-state index contributed by atoms with van der Waals surface area (Å²) in [6.45, 7) is 0.709. The Bertz CT molecular complexity index is 1410.